The Bertz CT molecular complexity index is 273. The third kappa shape index (κ3) is 1.74. The summed E-state index contributed by atoms with van der Waals surface area (Å²) in [6.07, 6.45) is 0. The van der Waals surface area contributed by atoms with Gasteiger partial charge in [0.1, 0.15) is 0 Å². The molecule has 0 aromatic heterocycles. The fraction of sp³-hybridized carbons (Fsp3) is 0.455. The average molecular weight is 193 g/mol. The summed E-state index contributed by atoms with van der Waals surface area (Å²) in [7, 11) is 2.21. The van der Waals surface area contributed by atoms with Gasteiger partial charge in [-0.05, 0) is 19.5 Å². The lowest BCUT2D eigenvalue weighted by atomic mass is 10.2. The van der Waals surface area contributed by atoms with Gasteiger partial charge in [0.05, 0.1) is 5.37 Å². The molecule has 70 valence electrons. The molecule has 2 rings (SSSR count). The van der Waals surface area contributed by atoms with Crippen LogP contribution >= 0.6 is 11.8 Å². The summed E-state index contributed by atoms with van der Waals surface area (Å²) in [6, 6.07) is 11.4. The van der Waals surface area contributed by atoms with E-state index in [1.54, 1.807) is 0 Å². The Balaban J connectivity index is 2.19. The largest absolute Gasteiger partial charge is 0.287 e. The van der Waals surface area contributed by atoms with Crippen LogP contribution in [0.1, 0.15) is 17.9 Å². The Morgan fingerprint density at radius 1 is 1.31 bits per heavy atom. The Kier molecular flexibility index (Phi) is 2.61. The standard InChI is InChI=1S/C11H15NS/c1-9-8-13-11(12(9)2)10-6-4-3-5-7-10/h3-7,9,11H,8H2,1-2H3/t9-,11?/m1/s1. The van der Waals surface area contributed by atoms with Gasteiger partial charge in [-0.2, -0.15) is 0 Å². The first-order chi connectivity index (χ1) is 6.29. The zero-order valence-electron chi connectivity index (χ0n) is 8.10. The van der Waals surface area contributed by atoms with Gasteiger partial charge in [0.2, 0.25) is 0 Å². The van der Waals surface area contributed by atoms with Crippen molar-refractivity contribution in [1.29, 1.82) is 0 Å². The molecule has 1 aromatic rings. The van der Waals surface area contributed by atoms with Crippen molar-refractivity contribution < 1.29 is 0 Å². The monoisotopic (exact) mass is 193 g/mol. The molecule has 1 nitrogen and oxygen atoms in total. The van der Waals surface area contributed by atoms with Gasteiger partial charge >= 0.3 is 0 Å². The molecule has 1 saturated heterocycles. The lowest BCUT2D eigenvalue weighted by Crippen LogP contribution is -2.25. The highest BCUT2D eigenvalue weighted by Gasteiger charge is 2.28. The smallest absolute Gasteiger partial charge is 0.0815 e. The fourth-order valence-corrected chi connectivity index (χ4v) is 3.13. The van der Waals surface area contributed by atoms with E-state index in [2.05, 4.69) is 49.2 Å². The molecule has 0 bridgehead atoms. The molecule has 0 radical (unpaired) electrons. The average Bonchev–Trinajstić information content (AvgIpc) is 2.49. The van der Waals surface area contributed by atoms with Crippen LogP contribution in [0.15, 0.2) is 30.3 Å². The summed E-state index contributed by atoms with van der Waals surface area (Å²) in [5.41, 5.74) is 1.43. The van der Waals surface area contributed by atoms with Gasteiger partial charge in [-0.1, -0.05) is 30.3 Å². The molecule has 2 atom stereocenters. The van der Waals surface area contributed by atoms with E-state index in [0.717, 1.165) is 0 Å². The minimum atomic E-state index is 0.566. The van der Waals surface area contributed by atoms with Crippen LogP contribution in [-0.2, 0) is 0 Å². The third-order valence-electron chi connectivity index (χ3n) is 2.65. The molecule has 1 unspecified atom stereocenters. The summed E-state index contributed by atoms with van der Waals surface area (Å²) >= 11 is 2.04. The van der Waals surface area contributed by atoms with Crippen LogP contribution in [0.25, 0.3) is 0 Å². The second-order valence-corrected chi connectivity index (χ2v) is 4.72. The summed E-state index contributed by atoms with van der Waals surface area (Å²) in [5.74, 6) is 1.25. The van der Waals surface area contributed by atoms with E-state index in [1.165, 1.54) is 11.3 Å². The quantitative estimate of drug-likeness (QED) is 0.674. The predicted octanol–water partition coefficient (Wildman–Crippen LogP) is 2.75. The maximum absolute atomic E-state index is 2.44. The van der Waals surface area contributed by atoms with Crippen LogP contribution in [0, 0.1) is 0 Å². The summed E-state index contributed by atoms with van der Waals surface area (Å²) in [4.78, 5) is 2.44. The summed E-state index contributed by atoms with van der Waals surface area (Å²) in [6.45, 7) is 2.29. The van der Waals surface area contributed by atoms with Gasteiger partial charge in [-0.3, -0.25) is 4.90 Å². The zero-order valence-corrected chi connectivity index (χ0v) is 8.92. The molecule has 13 heavy (non-hydrogen) atoms. The van der Waals surface area contributed by atoms with Crippen LogP contribution in [0.3, 0.4) is 0 Å². The number of rotatable bonds is 1. The van der Waals surface area contributed by atoms with Crippen molar-refractivity contribution in [2.75, 3.05) is 12.8 Å². The van der Waals surface area contributed by atoms with E-state index < -0.39 is 0 Å². The van der Waals surface area contributed by atoms with Gasteiger partial charge in [0.15, 0.2) is 0 Å². The van der Waals surface area contributed by atoms with Crippen molar-refractivity contribution >= 4 is 11.8 Å². The second-order valence-electron chi connectivity index (χ2n) is 3.61. The molecule has 0 aliphatic carbocycles. The molecular formula is C11H15NS. The van der Waals surface area contributed by atoms with E-state index >= 15 is 0 Å². The number of nitrogens with zero attached hydrogens (tertiary/aromatic N) is 1. The molecule has 1 aliphatic rings. The molecule has 1 heterocycles. The topological polar surface area (TPSA) is 3.24 Å². The van der Waals surface area contributed by atoms with E-state index in [1.807, 2.05) is 11.8 Å². The molecule has 0 amide bonds. The first-order valence-corrected chi connectivity index (χ1v) is 5.72. The second kappa shape index (κ2) is 3.72. The number of hydrogen-bond acceptors (Lipinski definition) is 2. The normalized spacial score (nSPS) is 29.4. The maximum Gasteiger partial charge on any atom is 0.0815 e. The highest BCUT2D eigenvalue weighted by molar-refractivity contribution is 7.99. The maximum atomic E-state index is 2.44. The molecule has 0 spiro atoms. The Labute approximate surface area is 84.1 Å². The van der Waals surface area contributed by atoms with Crippen molar-refractivity contribution in [1.82, 2.24) is 4.90 Å². The van der Waals surface area contributed by atoms with Crippen LogP contribution in [-0.4, -0.2) is 23.7 Å². The van der Waals surface area contributed by atoms with E-state index in [0.29, 0.717) is 11.4 Å². The molecule has 1 fully saturated rings. The third-order valence-corrected chi connectivity index (χ3v) is 4.24. The van der Waals surface area contributed by atoms with Gasteiger partial charge in [-0.15, -0.1) is 11.8 Å². The van der Waals surface area contributed by atoms with Crippen molar-refractivity contribution in [3.63, 3.8) is 0 Å². The Morgan fingerprint density at radius 3 is 2.54 bits per heavy atom. The minimum Gasteiger partial charge on any atom is -0.287 e. The highest BCUT2D eigenvalue weighted by Crippen LogP contribution is 2.39. The van der Waals surface area contributed by atoms with Crippen molar-refractivity contribution in [3.8, 4) is 0 Å². The summed E-state index contributed by atoms with van der Waals surface area (Å²) < 4.78 is 0. The lowest BCUT2D eigenvalue weighted by molar-refractivity contribution is 0.282. The Hall–Kier alpha value is -0.470. The first-order valence-electron chi connectivity index (χ1n) is 4.67. The predicted molar refractivity (Wildman–Crippen MR) is 58.9 cm³/mol. The summed E-state index contributed by atoms with van der Waals surface area (Å²) in [5, 5.41) is 0.566. The van der Waals surface area contributed by atoms with Crippen molar-refractivity contribution in [2.24, 2.45) is 0 Å². The van der Waals surface area contributed by atoms with Crippen LogP contribution in [0.5, 0.6) is 0 Å². The van der Waals surface area contributed by atoms with Gasteiger partial charge < -0.3 is 0 Å². The van der Waals surface area contributed by atoms with Gasteiger partial charge in [0.25, 0.3) is 0 Å². The SMILES string of the molecule is C[C@@H]1CSC(c2ccccc2)N1C. The van der Waals surface area contributed by atoms with Gasteiger partial charge in [-0.25, -0.2) is 0 Å². The van der Waals surface area contributed by atoms with Crippen LogP contribution < -0.4 is 0 Å². The van der Waals surface area contributed by atoms with E-state index in [9.17, 15) is 0 Å². The number of benzene rings is 1. The molecule has 2 heteroatoms. The van der Waals surface area contributed by atoms with Crippen molar-refractivity contribution in [3.05, 3.63) is 35.9 Å². The number of hydrogen-bond donors (Lipinski definition) is 0. The zero-order chi connectivity index (χ0) is 9.26. The highest BCUT2D eigenvalue weighted by atomic mass is 32.2. The molecule has 1 aromatic carbocycles. The van der Waals surface area contributed by atoms with Gasteiger partial charge in [0, 0.05) is 11.8 Å². The van der Waals surface area contributed by atoms with E-state index in [4.69, 9.17) is 0 Å². The van der Waals surface area contributed by atoms with E-state index in [-0.39, 0.29) is 0 Å². The number of thioether (sulfide) groups is 1. The van der Waals surface area contributed by atoms with Crippen molar-refractivity contribution in [2.45, 2.75) is 18.3 Å². The lowest BCUT2D eigenvalue weighted by Gasteiger charge is -2.22. The molecule has 0 N–H and O–H groups in total. The minimum absolute atomic E-state index is 0.566. The van der Waals surface area contributed by atoms with Crippen LogP contribution in [0.4, 0.5) is 0 Å². The molecule has 0 saturated carbocycles. The Morgan fingerprint density at radius 2 is 2.00 bits per heavy atom. The molecular weight excluding hydrogens is 178 g/mol. The molecule has 1 aliphatic heterocycles. The fourth-order valence-electron chi connectivity index (χ4n) is 1.65. The van der Waals surface area contributed by atoms with Crippen LogP contribution in [0.2, 0.25) is 0 Å². The first kappa shape index (κ1) is 9.10.